The Kier molecular flexibility index (Phi) is 4.20. The SMILES string of the molecule is OCC1CCN(c2cc(C(F)(F)F)cc(Cl)n2)CC1. The zero-order valence-electron chi connectivity index (χ0n) is 10.1. The number of hydrogen-bond acceptors (Lipinski definition) is 3. The van der Waals surface area contributed by atoms with Crippen molar-refractivity contribution in [1.29, 1.82) is 0 Å². The molecule has 106 valence electrons. The molecular weight excluding hydrogens is 281 g/mol. The van der Waals surface area contributed by atoms with E-state index in [1.165, 1.54) is 0 Å². The highest BCUT2D eigenvalue weighted by Gasteiger charge is 2.32. The summed E-state index contributed by atoms with van der Waals surface area (Å²) in [6.07, 6.45) is -2.94. The Bertz CT molecular complexity index is 445. The lowest BCUT2D eigenvalue weighted by molar-refractivity contribution is -0.137. The molecule has 0 radical (unpaired) electrons. The van der Waals surface area contributed by atoms with E-state index in [0.29, 0.717) is 13.1 Å². The first-order valence-corrected chi connectivity index (χ1v) is 6.38. The number of nitrogens with zero attached hydrogens (tertiary/aromatic N) is 2. The lowest BCUT2D eigenvalue weighted by Gasteiger charge is -2.32. The smallest absolute Gasteiger partial charge is 0.396 e. The normalized spacial score (nSPS) is 17.8. The molecule has 1 saturated heterocycles. The summed E-state index contributed by atoms with van der Waals surface area (Å²) in [7, 11) is 0. The Morgan fingerprint density at radius 2 is 1.95 bits per heavy atom. The van der Waals surface area contributed by atoms with Crippen molar-refractivity contribution in [2.75, 3.05) is 24.6 Å². The lowest BCUT2D eigenvalue weighted by atomic mass is 9.98. The first kappa shape index (κ1) is 14.4. The van der Waals surface area contributed by atoms with Crippen LogP contribution in [0.5, 0.6) is 0 Å². The molecule has 0 unspecified atom stereocenters. The molecule has 0 atom stereocenters. The fourth-order valence-electron chi connectivity index (χ4n) is 2.15. The number of piperidine rings is 1. The molecule has 1 aliphatic rings. The standard InChI is InChI=1S/C12H14ClF3N2O/c13-10-5-9(12(14,15)16)6-11(17-10)18-3-1-8(7-19)2-4-18/h5-6,8,19H,1-4,7H2. The Morgan fingerprint density at radius 1 is 1.32 bits per heavy atom. The summed E-state index contributed by atoms with van der Waals surface area (Å²) in [5, 5.41) is 8.88. The average molecular weight is 295 g/mol. The minimum atomic E-state index is -4.43. The molecule has 1 aromatic heterocycles. The molecular formula is C12H14ClF3N2O. The minimum absolute atomic E-state index is 0.116. The van der Waals surface area contributed by atoms with E-state index in [2.05, 4.69) is 4.98 Å². The van der Waals surface area contributed by atoms with E-state index in [0.717, 1.165) is 25.0 Å². The molecule has 0 bridgehead atoms. The molecule has 0 aliphatic carbocycles. The van der Waals surface area contributed by atoms with Crippen molar-refractivity contribution in [3.8, 4) is 0 Å². The number of anilines is 1. The van der Waals surface area contributed by atoms with Gasteiger partial charge < -0.3 is 10.0 Å². The van der Waals surface area contributed by atoms with Crippen molar-refractivity contribution in [1.82, 2.24) is 4.98 Å². The predicted octanol–water partition coefficient (Wildman–Crippen LogP) is 2.96. The zero-order valence-corrected chi connectivity index (χ0v) is 10.9. The summed E-state index contributed by atoms with van der Waals surface area (Å²) in [6.45, 7) is 1.27. The van der Waals surface area contributed by atoms with Gasteiger partial charge in [0.2, 0.25) is 0 Å². The van der Waals surface area contributed by atoms with Gasteiger partial charge in [-0.25, -0.2) is 4.98 Å². The Labute approximate surface area is 114 Å². The number of aliphatic hydroxyl groups excluding tert-OH is 1. The summed E-state index contributed by atoms with van der Waals surface area (Å²) in [6, 6.07) is 1.84. The van der Waals surface area contributed by atoms with Gasteiger partial charge in [0, 0.05) is 19.7 Å². The number of aliphatic hydroxyl groups is 1. The third-order valence-electron chi connectivity index (χ3n) is 3.30. The van der Waals surface area contributed by atoms with Crippen LogP contribution in [0.1, 0.15) is 18.4 Å². The number of rotatable bonds is 2. The third kappa shape index (κ3) is 3.51. The highest BCUT2D eigenvalue weighted by Crippen LogP contribution is 2.33. The second-order valence-corrected chi connectivity index (χ2v) is 5.03. The van der Waals surface area contributed by atoms with Gasteiger partial charge in [-0.05, 0) is 30.9 Å². The number of pyridine rings is 1. The van der Waals surface area contributed by atoms with Gasteiger partial charge in [-0.15, -0.1) is 0 Å². The Morgan fingerprint density at radius 3 is 2.47 bits per heavy atom. The highest BCUT2D eigenvalue weighted by atomic mass is 35.5. The molecule has 0 amide bonds. The molecule has 0 saturated carbocycles. The molecule has 2 heterocycles. The van der Waals surface area contributed by atoms with Crippen LogP contribution in [0.25, 0.3) is 0 Å². The van der Waals surface area contributed by atoms with Crippen molar-refractivity contribution >= 4 is 17.4 Å². The fourth-order valence-corrected chi connectivity index (χ4v) is 2.36. The second kappa shape index (κ2) is 5.54. The van der Waals surface area contributed by atoms with E-state index < -0.39 is 11.7 Å². The van der Waals surface area contributed by atoms with Gasteiger partial charge >= 0.3 is 6.18 Å². The van der Waals surface area contributed by atoms with Crippen LogP contribution in [-0.2, 0) is 6.18 Å². The van der Waals surface area contributed by atoms with Crippen LogP contribution in [0, 0.1) is 5.92 Å². The second-order valence-electron chi connectivity index (χ2n) is 4.65. The summed E-state index contributed by atoms with van der Waals surface area (Å²) in [5.41, 5.74) is -0.785. The third-order valence-corrected chi connectivity index (χ3v) is 3.50. The van der Waals surface area contributed by atoms with E-state index in [9.17, 15) is 13.2 Å². The van der Waals surface area contributed by atoms with E-state index >= 15 is 0 Å². The van der Waals surface area contributed by atoms with Gasteiger partial charge in [0.15, 0.2) is 0 Å². The van der Waals surface area contributed by atoms with Crippen molar-refractivity contribution < 1.29 is 18.3 Å². The van der Waals surface area contributed by atoms with E-state index in [4.69, 9.17) is 16.7 Å². The molecule has 0 aromatic carbocycles. The van der Waals surface area contributed by atoms with Gasteiger partial charge in [-0.2, -0.15) is 13.2 Å². The molecule has 0 spiro atoms. The monoisotopic (exact) mass is 294 g/mol. The topological polar surface area (TPSA) is 36.4 Å². The minimum Gasteiger partial charge on any atom is -0.396 e. The van der Waals surface area contributed by atoms with E-state index in [1.54, 1.807) is 4.90 Å². The number of hydrogen-bond donors (Lipinski definition) is 1. The quantitative estimate of drug-likeness (QED) is 0.852. The van der Waals surface area contributed by atoms with Gasteiger partial charge in [0.05, 0.1) is 5.56 Å². The Hall–Kier alpha value is -1.01. The highest BCUT2D eigenvalue weighted by molar-refractivity contribution is 6.29. The number of halogens is 4. The van der Waals surface area contributed by atoms with E-state index in [1.807, 2.05) is 0 Å². The van der Waals surface area contributed by atoms with Crippen LogP contribution in [0.4, 0.5) is 19.0 Å². The van der Waals surface area contributed by atoms with Gasteiger partial charge in [-0.3, -0.25) is 0 Å². The largest absolute Gasteiger partial charge is 0.416 e. The number of aromatic nitrogens is 1. The molecule has 7 heteroatoms. The van der Waals surface area contributed by atoms with Gasteiger partial charge in [-0.1, -0.05) is 11.6 Å². The van der Waals surface area contributed by atoms with Crippen molar-refractivity contribution in [2.24, 2.45) is 5.92 Å². The molecule has 2 rings (SSSR count). The molecule has 1 fully saturated rings. The molecule has 19 heavy (non-hydrogen) atoms. The number of alkyl halides is 3. The Balaban J connectivity index is 2.19. The lowest BCUT2D eigenvalue weighted by Crippen LogP contribution is -2.35. The maximum absolute atomic E-state index is 12.7. The predicted molar refractivity (Wildman–Crippen MR) is 66.3 cm³/mol. The summed E-state index contributed by atoms with van der Waals surface area (Å²) in [5.74, 6) is 0.466. The van der Waals surface area contributed by atoms with Crippen molar-refractivity contribution in [2.45, 2.75) is 19.0 Å². The zero-order chi connectivity index (χ0) is 14.0. The van der Waals surface area contributed by atoms with Crippen molar-refractivity contribution in [3.63, 3.8) is 0 Å². The van der Waals surface area contributed by atoms with E-state index in [-0.39, 0.29) is 23.5 Å². The average Bonchev–Trinajstić information content (AvgIpc) is 2.37. The van der Waals surface area contributed by atoms with Crippen LogP contribution < -0.4 is 4.90 Å². The molecule has 1 N–H and O–H groups in total. The maximum Gasteiger partial charge on any atom is 0.416 e. The first-order chi connectivity index (χ1) is 8.90. The summed E-state index contributed by atoms with van der Waals surface area (Å²) >= 11 is 5.65. The fraction of sp³-hybridized carbons (Fsp3) is 0.583. The maximum atomic E-state index is 12.7. The van der Waals surface area contributed by atoms with Crippen LogP contribution in [-0.4, -0.2) is 29.8 Å². The molecule has 1 aromatic rings. The summed E-state index contributed by atoms with van der Waals surface area (Å²) in [4.78, 5) is 5.72. The summed E-state index contributed by atoms with van der Waals surface area (Å²) < 4.78 is 38.1. The van der Waals surface area contributed by atoms with Crippen LogP contribution in [0.2, 0.25) is 5.15 Å². The van der Waals surface area contributed by atoms with Gasteiger partial charge in [0.1, 0.15) is 11.0 Å². The van der Waals surface area contributed by atoms with Crippen molar-refractivity contribution in [3.05, 3.63) is 22.8 Å². The molecule has 3 nitrogen and oxygen atoms in total. The van der Waals surface area contributed by atoms with Gasteiger partial charge in [0.25, 0.3) is 0 Å². The molecule has 1 aliphatic heterocycles. The van der Waals surface area contributed by atoms with Crippen LogP contribution in [0.3, 0.4) is 0 Å². The van der Waals surface area contributed by atoms with Crippen LogP contribution >= 0.6 is 11.6 Å². The van der Waals surface area contributed by atoms with Crippen LogP contribution in [0.15, 0.2) is 12.1 Å². The first-order valence-electron chi connectivity index (χ1n) is 6.00.